The van der Waals surface area contributed by atoms with Gasteiger partial charge in [-0.25, -0.2) is 4.99 Å². The van der Waals surface area contributed by atoms with Crippen molar-refractivity contribution in [1.29, 1.82) is 0 Å². The molecule has 0 amide bonds. The predicted octanol–water partition coefficient (Wildman–Crippen LogP) is 2.05. The lowest BCUT2D eigenvalue weighted by Gasteiger charge is -2.10. The molecule has 0 saturated carbocycles. The molecule has 0 unspecified atom stereocenters. The van der Waals surface area contributed by atoms with Crippen LogP contribution in [0.4, 0.5) is 0 Å². The van der Waals surface area contributed by atoms with E-state index in [0.29, 0.717) is 19.0 Å². The third-order valence-electron chi connectivity index (χ3n) is 3.53. The molecule has 1 heterocycles. The van der Waals surface area contributed by atoms with Gasteiger partial charge in [0.2, 0.25) is 0 Å². The van der Waals surface area contributed by atoms with Crippen LogP contribution < -0.4 is 20.5 Å². The summed E-state index contributed by atoms with van der Waals surface area (Å²) in [6, 6.07) is 7.92. The molecule has 6 nitrogen and oxygen atoms in total. The Labute approximate surface area is 142 Å². The maximum Gasteiger partial charge on any atom is 0.188 e. The number of hydrogen-bond acceptors (Lipinski definition) is 4. The van der Waals surface area contributed by atoms with E-state index in [1.807, 2.05) is 37.4 Å². The zero-order valence-corrected chi connectivity index (χ0v) is 14.4. The van der Waals surface area contributed by atoms with Crippen LogP contribution in [0.2, 0.25) is 0 Å². The van der Waals surface area contributed by atoms with Gasteiger partial charge in [-0.05, 0) is 42.2 Å². The fraction of sp³-hybridized carbons (Fsp3) is 0.333. The van der Waals surface area contributed by atoms with Crippen molar-refractivity contribution >= 4 is 5.96 Å². The van der Waals surface area contributed by atoms with Crippen LogP contribution in [0.1, 0.15) is 16.7 Å². The first-order valence-corrected chi connectivity index (χ1v) is 7.77. The molecule has 3 N–H and O–H groups in total. The van der Waals surface area contributed by atoms with Crippen LogP contribution in [0.5, 0.6) is 11.5 Å². The van der Waals surface area contributed by atoms with E-state index in [4.69, 9.17) is 15.2 Å². The van der Waals surface area contributed by atoms with E-state index < -0.39 is 0 Å². The average molecular weight is 328 g/mol. The van der Waals surface area contributed by atoms with Crippen LogP contribution in [-0.2, 0) is 13.0 Å². The van der Waals surface area contributed by atoms with Crippen molar-refractivity contribution in [2.45, 2.75) is 19.9 Å². The minimum atomic E-state index is 0.428. The molecule has 0 spiro atoms. The maximum atomic E-state index is 5.90. The van der Waals surface area contributed by atoms with Crippen molar-refractivity contribution in [2.75, 3.05) is 20.8 Å². The Kier molecular flexibility index (Phi) is 6.42. The first-order chi connectivity index (χ1) is 11.6. The van der Waals surface area contributed by atoms with Gasteiger partial charge in [-0.15, -0.1) is 0 Å². The third kappa shape index (κ3) is 5.15. The van der Waals surface area contributed by atoms with Gasteiger partial charge in [-0.1, -0.05) is 12.1 Å². The quantitative estimate of drug-likeness (QED) is 0.600. The van der Waals surface area contributed by atoms with Gasteiger partial charge in [0.05, 0.1) is 20.8 Å². The second-order valence-corrected chi connectivity index (χ2v) is 5.44. The Hall–Kier alpha value is -2.76. The Bertz CT molecular complexity index is 701. The Morgan fingerprint density at radius 1 is 1.12 bits per heavy atom. The molecule has 6 heteroatoms. The number of aliphatic imine (C=N–C) groups is 1. The molecule has 2 rings (SSSR count). The summed E-state index contributed by atoms with van der Waals surface area (Å²) < 4.78 is 10.5. The molecular weight excluding hydrogens is 304 g/mol. The molecule has 0 aliphatic carbocycles. The van der Waals surface area contributed by atoms with E-state index in [2.05, 4.69) is 15.3 Å². The first-order valence-electron chi connectivity index (χ1n) is 7.77. The van der Waals surface area contributed by atoms with Crippen molar-refractivity contribution < 1.29 is 9.47 Å². The number of methoxy groups -OCH3 is 2. The number of pyridine rings is 1. The van der Waals surface area contributed by atoms with Crippen molar-refractivity contribution in [3.05, 3.63) is 53.3 Å². The molecule has 0 fully saturated rings. The number of guanidine groups is 1. The van der Waals surface area contributed by atoms with E-state index in [0.717, 1.165) is 34.6 Å². The van der Waals surface area contributed by atoms with Crippen LogP contribution in [-0.4, -0.2) is 31.7 Å². The fourth-order valence-electron chi connectivity index (χ4n) is 2.31. The van der Waals surface area contributed by atoms with Crippen molar-refractivity contribution in [3.63, 3.8) is 0 Å². The van der Waals surface area contributed by atoms with Crippen LogP contribution in [0.25, 0.3) is 0 Å². The number of aryl methyl sites for hydroxylation is 1. The van der Waals surface area contributed by atoms with Crippen LogP contribution in [0.3, 0.4) is 0 Å². The standard InChI is InChI=1S/C18H24N4O2/c1-13-8-15(11-20-10-13)12-22-18(19)21-7-6-14-4-5-16(23-2)17(9-14)24-3/h4-5,8-11H,6-7,12H2,1-3H3,(H3,19,21,22). The fourth-order valence-corrected chi connectivity index (χ4v) is 2.31. The Balaban J connectivity index is 1.83. The van der Waals surface area contributed by atoms with Gasteiger partial charge in [0.25, 0.3) is 0 Å². The average Bonchev–Trinajstić information content (AvgIpc) is 2.60. The summed E-state index contributed by atoms with van der Waals surface area (Å²) in [7, 11) is 3.25. The summed E-state index contributed by atoms with van der Waals surface area (Å²) in [5.74, 6) is 1.88. The number of aromatic nitrogens is 1. The van der Waals surface area contributed by atoms with E-state index in [-0.39, 0.29) is 0 Å². The minimum Gasteiger partial charge on any atom is -0.493 e. The number of nitrogens with two attached hydrogens (primary N) is 1. The number of nitrogens with one attached hydrogen (secondary N) is 1. The summed E-state index contributed by atoms with van der Waals surface area (Å²) >= 11 is 0. The second-order valence-electron chi connectivity index (χ2n) is 5.44. The highest BCUT2D eigenvalue weighted by Gasteiger charge is 2.04. The number of benzene rings is 1. The van der Waals surface area contributed by atoms with Gasteiger partial charge in [0.1, 0.15) is 0 Å². The summed E-state index contributed by atoms with van der Waals surface area (Å²) in [6.45, 7) is 3.21. The van der Waals surface area contributed by atoms with Crippen LogP contribution >= 0.6 is 0 Å². The zero-order valence-electron chi connectivity index (χ0n) is 14.4. The van der Waals surface area contributed by atoms with E-state index >= 15 is 0 Å². The molecule has 1 aromatic carbocycles. The van der Waals surface area contributed by atoms with Gasteiger partial charge >= 0.3 is 0 Å². The summed E-state index contributed by atoms with van der Waals surface area (Å²) in [5, 5.41) is 3.12. The SMILES string of the molecule is COc1ccc(CCNC(N)=NCc2cncc(C)c2)cc1OC. The third-order valence-corrected chi connectivity index (χ3v) is 3.53. The minimum absolute atomic E-state index is 0.428. The normalized spacial score (nSPS) is 11.2. The summed E-state index contributed by atoms with van der Waals surface area (Å²) in [4.78, 5) is 8.47. The summed E-state index contributed by atoms with van der Waals surface area (Å²) in [6.07, 6.45) is 4.42. The van der Waals surface area contributed by atoms with Crippen molar-refractivity contribution in [3.8, 4) is 11.5 Å². The molecule has 0 saturated heterocycles. The first kappa shape index (κ1) is 17.6. The molecule has 0 aliphatic heterocycles. The lowest BCUT2D eigenvalue weighted by molar-refractivity contribution is 0.354. The number of ether oxygens (including phenoxy) is 2. The Morgan fingerprint density at radius 2 is 1.92 bits per heavy atom. The van der Waals surface area contributed by atoms with Crippen molar-refractivity contribution in [2.24, 2.45) is 10.7 Å². The van der Waals surface area contributed by atoms with E-state index in [1.165, 1.54) is 0 Å². The van der Waals surface area contributed by atoms with Crippen LogP contribution in [0.15, 0.2) is 41.7 Å². The smallest absolute Gasteiger partial charge is 0.188 e. The lowest BCUT2D eigenvalue weighted by Crippen LogP contribution is -2.33. The second kappa shape index (κ2) is 8.76. The molecule has 0 bridgehead atoms. The molecule has 0 atom stereocenters. The van der Waals surface area contributed by atoms with Gasteiger partial charge in [0, 0.05) is 18.9 Å². The number of rotatable bonds is 7. The molecular formula is C18H24N4O2. The highest BCUT2D eigenvalue weighted by molar-refractivity contribution is 5.77. The molecule has 24 heavy (non-hydrogen) atoms. The van der Waals surface area contributed by atoms with Crippen molar-refractivity contribution in [1.82, 2.24) is 10.3 Å². The molecule has 128 valence electrons. The highest BCUT2D eigenvalue weighted by atomic mass is 16.5. The monoisotopic (exact) mass is 328 g/mol. The van der Waals surface area contributed by atoms with Gasteiger partial charge in [-0.2, -0.15) is 0 Å². The van der Waals surface area contributed by atoms with Crippen LogP contribution in [0, 0.1) is 6.92 Å². The Morgan fingerprint density at radius 3 is 2.62 bits per heavy atom. The molecule has 0 radical (unpaired) electrons. The van der Waals surface area contributed by atoms with Gasteiger partial charge < -0.3 is 20.5 Å². The molecule has 0 aliphatic rings. The van der Waals surface area contributed by atoms with E-state index in [1.54, 1.807) is 20.4 Å². The highest BCUT2D eigenvalue weighted by Crippen LogP contribution is 2.27. The number of nitrogens with zero attached hydrogens (tertiary/aromatic N) is 2. The molecule has 2 aromatic rings. The maximum absolute atomic E-state index is 5.90. The number of hydrogen-bond donors (Lipinski definition) is 2. The summed E-state index contributed by atoms with van der Waals surface area (Å²) in [5.41, 5.74) is 9.19. The molecule has 1 aromatic heterocycles. The van der Waals surface area contributed by atoms with Gasteiger partial charge in [0.15, 0.2) is 17.5 Å². The largest absolute Gasteiger partial charge is 0.493 e. The van der Waals surface area contributed by atoms with Gasteiger partial charge in [-0.3, -0.25) is 4.98 Å². The topological polar surface area (TPSA) is 81.8 Å². The predicted molar refractivity (Wildman–Crippen MR) is 95.6 cm³/mol. The van der Waals surface area contributed by atoms with E-state index in [9.17, 15) is 0 Å². The zero-order chi connectivity index (χ0) is 17.4. The lowest BCUT2D eigenvalue weighted by atomic mass is 10.1.